The maximum absolute atomic E-state index is 13.6. The van der Waals surface area contributed by atoms with Crippen LogP contribution in [0.1, 0.15) is 23.0 Å². The number of amides is 1. The Bertz CT molecular complexity index is 717. The van der Waals surface area contributed by atoms with Crippen LogP contribution in [0.4, 0.5) is 10.2 Å². The van der Waals surface area contributed by atoms with Gasteiger partial charge in [-0.05, 0) is 32.0 Å². The minimum atomic E-state index is -1.12. The number of aromatic nitrogens is 1. The van der Waals surface area contributed by atoms with Crippen LogP contribution >= 0.6 is 15.9 Å². The first kappa shape index (κ1) is 16.2. The molecule has 2 rings (SSSR count). The summed E-state index contributed by atoms with van der Waals surface area (Å²) in [7, 11) is 0. The fraction of sp³-hybridized carbons (Fsp3) is 0.214. The molecule has 1 aromatic carbocycles. The van der Waals surface area contributed by atoms with Gasteiger partial charge in [0.1, 0.15) is 11.6 Å². The first-order valence-electron chi connectivity index (χ1n) is 6.27. The van der Waals surface area contributed by atoms with E-state index >= 15 is 0 Å². The van der Waals surface area contributed by atoms with Gasteiger partial charge in [0, 0.05) is 10.5 Å². The molecule has 1 N–H and O–H groups in total. The second kappa shape index (κ2) is 6.69. The Morgan fingerprint density at radius 1 is 1.41 bits per heavy atom. The van der Waals surface area contributed by atoms with Crippen LogP contribution in [0.15, 0.2) is 33.3 Å². The van der Waals surface area contributed by atoms with Gasteiger partial charge < -0.3 is 14.6 Å². The lowest BCUT2D eigenvalue weighted by molar-refractivity contribution is -0.123. The van der Waals surface area contributed by atoms with Crippen molar-refractivity contribution in [2.24, 2.45) is 0 Å². The lowest BCUT2D eigenvalue weighted by Gasteiger charge is -2.12. The van der Waals surface area contributed by atoms with Crippen LogP contribution in [0.3, 0.4) is 0 Å². The zero-order chi connectivity index (χ0) is 16.3. The van der Waals surface area contributed by atoms with Crippen LogP contribution in [0.5, 0.6) is 0 Å². The van der Waals surface area contributed by atoms with Gasteiger partial charge in [-0.1, -0.05) is 21.1 Å². The fourth-order valence-corrected chi connectivity index (χ4v) is 1.95. The molecule has 1 unspecified atom stereocenters. The molecule has 0 radical (unpaired) electrons. The Labute approximate surface area is 133 Å². The standard InChI is InChI=1S/C14H12BrFN2O4/c1-7-5-12(18-22-7)17-13(19)8(2)21-14(20)10-6-9(15)3-4-11(10)16/h3-6,8H,1-2H3,(H,17,18,19). The first-order valence-corrected chi connectivity index (χ1v) is 7.06. The van der Waals surface area contributed by atoms with Crippen LogP contribution in [0, 0.1) is 12.7 Å². The molecule has 116 valence electrons. The van der Waals surface area contributed by atoms with Gasteiger partial charge in [0.15, 0.2) is 11.9 Å². The highest BCUT2D eigenvalue weighted by molar-refractivity contribution is 9.10. The predicted octanol–water partition coefficient (Wildman–Crippen LogP) is 3.07. The molecular formula is C14H12BrFN2O4. The van der Waals surface area contributed by atoms with Crippen molar-refractivity contribution in [2.45, 2.75) is 20.0 Å². The maximum atomic E-state index is 13.6. The van der Waals surface area contributed by atoms with Crippen molar-refractivity contribution in [2.75, 3.05) is 5.32 Å². The minimum absolute atomic E-state index is 0.207. The number of aryl methyl sites for hydroxylation is 1. The Hall–Kier alpha value is -2.22. The molecule has 1 amide bonds. The van der Waals surface area contributed by atoms with Crippen LogP contribution < -0.4 is 5.32 Å². The van der Waals surface area contributed by atoms with E-state index in [4.69, 9.17) is 9.26 Å². The number of nitrogens with one attached hydrogen (secondary N) is 1. The number of carbonyl (C=O) groups excluding carboxylic acids is 2. The van der Waals surface area contributed by atoms with Gasteiger partial charge in [-0.2, -0.15) is 0 Å². The van der Waals surface area contributed by atoms with Crippen LogP contribution in [-0.2, 0) is 9.53 Å². The zero-order valence-electron chi connectivity index (χ0n) is 11.7. The van der Waals surface area contributed by atoms with Crippen molar-refractivity contribution in [1.82, 2.24) is 5.16 Å². The number of hydrogen-bond donors (Lipinski definition) is 1. The summed E-state index contributed by atoms with van der Waals surface area (Å²) >= 11 is 3.13. The molecule has 1 heterocycles. The second-order valence-corrected chi connectivity index (χ2v) is 5.40. The quantitative estimate of drug-likeness (QED) is 0.836. The first-order chi connectivity index (χ1) is 10.4. The number of anilines is 1. The third kappa shape index (κ3) is 3.91. The topological polar surface area (TPSA) is 81.4 Å². The molecule has 8 heteroatoms. The van der Waals surface area contributed by atoms with Crippen LogP contribution in [-0.4, -0.2) is 23.1 Å². The Kier molecular flexibility index (Phi) is 4.92. The predicted molar refractivity (Wildman–Crippen MR) is 78.8 cm³/mol. The van der Waals surface area contributed by atoms with E-state index in [1.165, 1.54) is 25.1 Å². The van der Waals surface area contributed by atoms with Crippen molar-refractivity contribution in [3.63, 3.8) is 0 Å². The van der Waals surface area contributed by atoms with E-state index in [1.807, 2.05) is 0 Å². The van der Waals surface area contributed by atoms with Crippen molar-refractivity contribution >= 4 is 33.6 Å². The highest BCUT2D eigenvalue weighted by atomic mass is 79.9. The van der Waals surface area contributed by atoms with Crippen molar-refractivity contribution in [1.29, 1.82) is 0 Å². The molecule has 6 nitrogen and oxygen atoms in total. The monoisotopic (exact) mass is 370 g/mol. The van der Waals surface area contributed by atoms with Crippen molar-refractivity contribution in [3.8, 4) is 0 Å². The van der Waals surface area contributed by atoms with Gasteiger partial charge in [0.25, 0.3) is 5.91 Å². The summed E-state index contributed by atoms with van der Waals surface area (Å²) < 4.78 is 23.8. The van der Waals surface area contributed by atoms with Gasteiger partial charge in [-0.25, -0.2) is 9.18 Å². The highest BCUT2D eigenvalue weighted by Crippen LogP contribution is 2.17. The zero-order valence-corrected chi connectivity index (χ0v) is 13.3. The summed E-state index contributed by atoms with van der Waals surface area (Å²) in [5.41, 5.74) is -0.258. The maximum Gasteiger partial charge on any atom is 0.341 e. The lowest BCUT2D eigenvalue weighted by atomic mass is 10.2. The molecule has 0 saturated carbocycles. The molecule has 1 atom stereocenters. The molecule has 0 aliphatic rings. The normalized spacial score (nSPS) is 11.8. The number of nitrogens with zero attached hydrogens (tertiary/aromatic N) is 1. The third-order valence-electron chi connectivity index (χ3n) is 2.68. The molecule has 0 spiro atoms. The van der Waals surface area contributed by atoms with Gasteiger partial charge >= 0.3 is 5.97 Å². The molecule has 1 aromatic heterocycles. The number of rotatable bonds is 4. The molecule has 0 fully saturated rings. The molecule has 0 bridgehead atoms. The average Bonchev–Trinajstić information content (AvgIpc) is 2.86. The molecule has 2 aromatic rings. The average molecular weight is 371 g/mol. The molecule has 0 saturated heterocycles. The van der Waals surface area contributed by atoms with E-state index in [9.17, 15) is 14.0 Å². The fourth-order valence-electron chi connectivity index (χ4n) is 1.58. The largest absolute Gasteiger partial charge is 0.449 e. The number of ether oxygens (including phenoxy) is 1. The number of hydrogen-bond acceptors (Lipinski definition) is 5. The lowest BCUT2D eigenvalue weighted by Crippen LogP contribution is -2.30. The second-order valence-electron chi connectivity index (χ2n) is 4.48. The summed E-state index contributed by atoms with van der Waals surface area (Å²) in [6.07, 6.45) is -1.12. The summed E-state index contributed by atoms with van der Waals surface area (Å²) in [4.78, 5) is 23.8. The minimum Gasteiger partial charge on any atom is -0.449 e. The van der Waals surface area contributed by atoms with Gasteiger partial charge in [-0.3, -0.25) is 4.79 Å². The number of esters is 1. The summed E-state index contributed by atoms with van der Waals surface area (Å²) in [6.45, 7) is 3.04. The SMILES string of the molecule is Cc1cc(NC(=O)C(C)OC(=O)c2cc(Br)ccc2F)no1. The number of halogens is 2. The highest BCUT2D eigenvalue weighted by Gasteiger charge is 2.22. The summed E-state index contributed by atoms with van der Waals surface area (Å²) in [5.74, 6) is -1.53. The van der Waals surface area contributed by atoms with Crippen molar-refractivity contribution < 1.29 is 23.2 Å². The van der Waals surface area contributed by atoms with E-state index in [-0.39, 0.29) is 11.4 Å². The van der Waals surface area contributed by atoms with E-state index in [1.54, 1.807) is 6.92 Å². The van der Waals surface area contributed by atoms with Crippen molar-refractivity contribution in [3.05, 3.63) is 45.9 Å². The van der Waals surface area contributed by atoms with E-state index < -0.39 is 23.8 Å². The Morgan fingerprint density at radius 3 is 2.77 bits per heavy atom. The van der Waals surface area contributed by atoms with E-state index in [0.717, 1.165) is 6.07 Å². The number of carbonyl (C=O) groups is 2. The molecule has 0 aliphatic heterocycles. The van der Waals surface area contributed by atoms with Crippen LogP contribution in [0.2, 0.25) is 0 Å². The van der Waals surface area contributed by atoms with Gasteiger partial charge in [-0.15, -0.1) is 0 Å². The van der Waals surface area contributed by atoms with E-state index in [2.05, 4.69) is 26.4 Å². The Morgan fingerprint density at radius 2 is 2.14 bits per heavy atom. The molecular weight excluding hydrogens is 359 g/mol. The van der Waals surface area contributed by atoms with Crippen LogP contribution in [0.25, 0.3) is 0 Å². The molecule has 0 aliphatic carbocycles. The molecule has 22 heavy (non-hydrogen) atoms. The Balaban J connectivity index is 2.01. The van der Waals surface area contributed by atoms with E-state index in [0.29, 0.717) is 10.2 Å². The number of benzene rings is 1. The smallest absolute Gasteiger partial charge is 0.341 e. The third-order valence-corrected chi connectivity index (χ3v) is 3.17. The summed E-state index contributed by atoms with van der Waals surface area (Å²) in [6, 6.07) is 5.38. The van der Waals surface area contributed by atoms with Gasteiger partial charge in [0.2, 0.25) is 0 Å². The van der Waals surface area contributed by atoms with Gasteiger partial charge in [0.05, 0.1) is 5.56 Å². The summed E-state index contributed by atoms with van der Waals surface area (Å²) in [5, 5.41) is 6.01.